The molecule has 2 heterocycles. The monoisotopic (exact) mass is 478 g/mol. The molecule has 6 nitrogen and oxygen atoms in total. The number of aromatic nitrogens is 3. The van der Waals surface area contributed by atoms with Gasteiger partial charge in [0, 0.05) is 33.8 Å². The molecule has 0 fully saturated rings. The summed E-state index contributed by atoms with van der Waals surface area (Å²) >= 11 is 7.85. The Morgan fingerprint density at radius 3 is 2.64 bits per heavy atom. The number of benzene rings is 2. The normalized spacial score (nSPS) is 19.0. The van der Waals surface area contributed by atoms with Gasteiger partial charge in [-0.15, -0.1) is 5.10 Å². The fourth-order valence-electron chi connectivity index (χ4n) is 4.47. The highest BCUT2D eigenvalue weighted by molar-refractivity contribution is 7.99. The van der Waals surface area contributed by atoms with Gasteiger partial charge in [-0.3, -0.25) is 9.59 Å². The Morgan fingerprint density at radius 1 is 1.15 bits per heavy atom. The number of Topliss-reactive ketones (excluding diaryl/α,β-unsaturated/α-hetero) is 2. The summed E-state index contributed by atoms with van der Waals surface area (Å²) in [6.07, 6.45) is 1.20. The Bertz CT molecular complexity index is 1280. The first-order valence-electron chi connectivity index (χ1n) is 10.8. The van der Waals surface area contributed by atoms with Crippen molar-refractivity contribution in [3.8, 4) is 0 Å². The molecule has 1 N–H and O–H groups in total. The lowest BCUT2D eigenvalue weighted by atomic mass is 9.73. The Labute approximate surface area is 201 Å². The summed E-state index contributed by atoms with van der Waals surface area (Å²) in [6.45, 7) is 4.19. The molecule has 33 heavy (non-hydrogen) atoms. The van der Waals surface area contributed by atoms with Crippen LogP contribution in [-0.2, 0) is 4.79 Å². The van der Waals surface area contributed by atoms with Gasteiger partial charge in [0.25, 0.3) is 0 Å². The van der Waals surface area contributed by atoms with Crippen molar-refractivity contribution in [2.75, 3.05) is 11.1 Å². The van der Waals surface area contributed by atoms with Crippen molar-refractivity contribution in [3.63, 3.8) is 0 Å². The molecule has 168 valence electrons. The molecule has 2 aromatic carbocycles. The molecule has 8 heteroatoms. The van der Waals surface area contributed by atoms with Crippen LogP contribution in [0.4, 0.5) is 5.95 Å². The predicted octanol–water partition coefficient (Wildman–Crippen LogP) is 5.56. The van der Waals surface area contributed by atoms with Crippen LogP contribution in [0.5, 0.6) is 0 Å². The molecule has 0 amide bonds. The highest BCUT2D eigenvalue weighted by Crippen LogP contribution is 2.46. The van der Waals surface area contributed by atoms with E-state index in [1.165, 1.54) is 11.8 Å². The molecular weight excluding hydrogens is 456 g/mol. The molecule has 1 aliphatic heterocycles. The van der Waals surface area contributed by atoms with Crippen molar-refractivity contribution in [2.45, 2.75) is 37.9 Å². The number of nitrogens with zero attached hydrogens (tertiary/aromatic N) is 3. The number of rotatable bonds is 5. The summed E-state index contributed by atoms with van der Waals surface area (Å²) in [5, 5.41) is 9.09. The minimum Gasteiger partial charge on any atom is -0.328 e. The SMILES string of the molecule is CC1(C)CC(=O)C2=C(C1)Nc1nc(SCC(=O)c3ccccc3)nn1[C@@H]2c1ccccc1Cl. The van der Waals surface area contributed by atoms with Crippen molar-refractivity contribution in [3.05, 3.63) is 82.0 Å². The van der Waals surface area contributed by atoms with E-state index in [0.29, 0.717) is 33.7 Å². The molecule has 2 aliphatic rings. The maximum Gasteiger partial charge on any atom is 0.227 e. The summed E-state index contributed by atoms with van der Waals surface area (Å²) in [4.78, 5) is 30.5. The van der Waals surface area contributed by atoms with Crippen LogP contribution < -0.4 is 5.32 Å². The number of halogens is 1. The fraction of sp³-hybridized carbons (Fsp3) is 0.280. The molecule has 0 unspecified atom stereocenters. The van der Waals surface area contributed by atoms with E-state index in [-0.39, 0.29) is 22.7 Å². The van der Waals surface area contributed by atoms with Gasteiger partial charge in [-0.2, -0.15) is 4.98 Å². The number of carbonyl (C=O) groups is 2. The number of carbonyl (C=O) groups excluding carboxylic acids is 2. The average molecular weight is 479 g/mol. The predicted molar refractivity (Wildman–Crippen MR) is 130 cm³/mol. The van der Waals surface area contributed by atoms with Gasteiger partial charge in [-0.05, 0) is 17.9 Å². The van der Waals surface area contributed by atoms with Gasteiger partial charge in [0.1, 0.15) is 6.04 Å². The van der Waals surface area contributed by atoms with Crippen LogP contribution in [0.25, 0.3) is 0 Å². The molecule has 0 spiro atoms. The number of hydrogen-bond acceptors (Lipinski definition) is 6. The summed E-state index contributed by atoms with van der Waals surface area (Å²) in [5.74, 6) is 0.883. The summed E-state index contributed by atoms with van der Waals surface area (Å²) in [5.41, 5.74) is 2.89. The average Bonchev–Trinajstić information content (AvgIpc) is 3.19. The Balaban J connectivity index is 1.50. The minimum atomic E-state index is -0.458. The molecule has 1 aromatic heterocycles. The molecular formula is C25H23ClN4O2S. The van der Waals surface area contributed by atoms with Gasteiger partial charge >= 0.3 is 0 Å². The number of allylic oxidation sites excluding steroid dienone is 2. The van der Waals surface area contributed by atoms with Crippen molar-refractivity contribution >= 4 is 40.9 Å². The Hall–Kier alpha value is -2.90. The van der Waals surface area contributed by atoms with E-state index in [1.54, 1.807) is 16.8 Å². The van der Waals surface area contributed by atoms with E-state index in [4.69, 9.17) is 11.6 Å². The smallest absolute Gasteiger partial charge is 0.227 e. The number of hydrogen-bond donors (Lipinski definition) is 1. The largest absolute Gasteiger partial charge is 0.328 e. The second-order valence-electron chi connectivity index (χ2n) is 9.12. The van der Waals surface area contributed by atoms with E-state index in [9.17, 15) is 9.59 Å². The van der Waals surface area contributed by atoms with Crippen LogP contribution in [-0.4, -0.2) is 32.1 Å². The molecule has 0 radical (unpaired) electrons. The molecule has 1 aliphatic carbocycles. The fourth-order valence-corrected chi connectivity index (χ4v) is 5.44. The van der Waals surface area contributed by atoms with Crippen LogP contribution in [0.15, 0.2) is 71.0 Å². The number of nitrogens with one attached hydrogen (secondary N) is 1. The molecule has 0 saturated heterocycles. The minimum absolute atomic E-state index is 0.0123. The first kappa shape index (κ1) is 21.9. The van der Waals surface area contributed by atoms with Gasteiger partial charge in [0.05, 0.1) is 5.75 Å². The van der Waals surface area contributed by atoms with E-state index >= 15 is 0 Å². The van der Waals surface area contributed by atoms with E-state index in [1.807, 2.05) is 42.5 Å². The molecule has 0 bridgehead atoms. The van der Waals surface area contributed by atoms with Crippen LogP contribution in [0.2, 0.25) is 5.02 Å². The van der Waals surface area contributed by atoms with Gasteiger partial charge < -0.3 is 5.32 Å². The molecule has 3 aromatic rings. The van der Waals surface area contributed by atoms with Crippen LogP contribution >= 0.6 is 23.4 Å². The zero-order valence-electron chi connectivity index (χ0n) is 18.3. The zero-order chi connectivity index (χ0) is 23.2. The van der Waals surface area contributed by atoms with Crippen LogP contribution in [0, 0.1) is 5.41 Å². The lowest BCUT2D eigenvalue weighted by Gasteiger charge is -2.38. The number of thioether (sulfide) groups is 1. The second-order valence-corrected chi connectivity index (χ2v) is 10.5. The quantitative estimate of drug-likeness (QED) is 0.382. The van der Waals surface area contributed by atoms with Gasteiger partial charge in [-0.1, -0.05) is 85.7 Å². The van der Waals surface area contributed by atoms with Gasteiger partial charge in [-0.25, -0.2) is 4.68 Å². The second kappa shape index (κ2) is 8.47. The lowest BCUT2D eigenvalue weighted by molar-refractivity contribution is -0.118. The Kier molecular flexibility index (Phi) is 5.62. The van der Waals surface area contributed by atoms with Crippen molar-refractivity contribution in [2.24, 2.45) is 5.41 Å². The molecule has 5 rings (SSSR count). The van der Waals surface area contributed by atoms with Crippen molar-refractivity contribution < 1.29 is 9.59 Å². The Morgan fingerprint density at radius 2 is 1.88 bits per heavy atom. The first-order valence-corrected chi connectivity index (χ1v) is 12.1. The summed E-state index contributed by atoms with van der Waals surface area (Å²) < 4.78 is 1.73. The summed E-state index contributed by atoms with van der Waals surface area (Å²) in [6, 6.07) is 16.2. The third-order valence-electron chi connectivity index (χ3n) is 5.94. The maximum atomic E-state index is 13.3. The van der Waals surface area contributed by atoms with E-state index < -0.39 is 6.04 Å². The van der Waals surface area contributed by atoms with Crippen molar-refractivity contribution in [1.82, 2.24) is 14.8 Å². The maximum absolute atomic E-state index is 13.3. The zero-order valence-corrected chi connectivity index (χ0v) is 19.9. The van der Waals surface area contributed by atoms with Crippen LogP contribution in [0.3, 0.4) is 0 Å². The first-order chi connectivity index (χ1) is 15.8. The number of fused-ring (bicyclic) bond motifs is 1. The molecule has 1 atom stereocenters. The van der Waals surface area contributed by atoms with Crippen molar-refractivity contribution in [1.29, 1.82) is 0 Å². The standard InChI is InChI=1S/C25H23ClN4O2S/c1-25(2)12-18-21(19(31)13-25)22(16-10-6-7-11-17(16)26)30-23(27-18)28-24(29-30)33-14-20(32)15-8-4-3-5-9-15/h3-11,22H,12-14H2,1-2H3,(H,27,28,29)/t22-/m1/s1. The van der Waals surface area contributed by atoms with E-state index in [0.717, 1.165) is 17.7 Å². The van der Waals surface area contributed by atoms with E-state index in [2.05, 4.69) is 29.2 Å². The third-order valence-corrected chi connectivity index (χ3v) is 7.12. The van der Waals surface area contributed by atoms with Crippen LogP contribution in [0.1, 0.15) is 48.7 Å². The lowest BCUT2D eigenvalue weighted by Crippen LogP contribution is -2.36. The number of anilines is 1. The highest BCUT2D eigenvalue weighted by atomic mass is 35.5. The number of ketones is 2. The van der Waals surface area contributed by atoms with Gasteiger partial charge in [0.15, 0.2) is 11.6 Å². The molecule has 0 saturated carbocycles. The highest BCUT2D eigenvalue weighted by Gasteiger charge is 2.42. The van der Waals surface area contributed by atoms with Gasteiger partial charge in [0.2, 0.25) is 11.1 Å². The third kappa shape index (κ3) is 4.23. The topological polar surface area (TPSA) is 76.9 Å². The summed E-state index contributed by atoms with van der Waals surface area (Å²) in [7, 11) is 0.